The molecule has 0 bridgehead atoms. The lowest BCUT2D eigenvalue weighted by Gasteiger charge is -2.23. The standard InChI is InChI=1S/C15H21FN2O3/c1-4-18(5-2)14(19)10-17(3)15(20)11-21-13-8-6-12(16)7-9-13/h6-9H,4-5,10-11H2,1-3H3. The average Bonchev–Trinajstić information content (AvgIpc) is 2.47. The molecule has 0 saturated carbocycles. The molecule has 0 aliphatic heterocycles. The van der Waals surface area contributed by atoms with Crippen LogP contribution in [0.15, 0.2) is 24.3 Å². The molecule has 0 aliphatic rings. The van der Waals surface area contributed by atoms with Crippen LogP contribution in [-0.2, 0) is 9.59 Å². The Kier molecular flexibility index (Phi) is 6.65. The number of nitrogens with zero attached hydrogens (tertiary/aromatic N) is 2. The van der Waals surface area contributed by atoms with E-state index in [2.05, 4.69) is 0 Å². The Labute approximate surface area is 124 Å². The Morgan fingerprint density at radius 3 is 2.19 bits per heavy atom. The molecular formula is C15H21FN2O3. The van der Waals surface area contributed by atoms with Crippen molar-refractivity contribution in [3.63, 3.8) is 0 Å². The largest absolute Gasteiger partial charge is 0.484 e. The topological polar surface area (TPSA) is 49.9 Å². The summed E-state index contributed by atoms with van der Waals surface area (Å²) in [6.45, 7) is 4.84. The second kappa shape index (κ2) is 8.24. The summed E-state index contributed by atoms with van der Waals surface area (Å²) in [7, 11) is 1.55. The van der Waals surface area contributed by atoms with Crippen LogP contribution in [0, 0.1) is 5.82 Å². The monoisotopic (exact) mass is 296 g/mol. The first-order valence-electron chi connectivity index (χ1n) is 6.88. The molecule has 0 saturated heterocycles. The van der Waals surface area contributed by atoms with Gasteiger partial charge in [0.25, 0.3) is 5.91 Å². The lowest BCUT2D eigenvalue weighted by atomic mass is 10.3. The van der Waals surface area contributed by atoms with Gasteiger partial charge in [0, 0.05) is 20.1 Å². The third-order valence-corrected chi connectivity index (χ3v) is 3.09. The van der Waals surface area contributed by atoms with Crippen LogP contribution in [0.2, 0.25) is 0 Å². The highest BCUT2D eigenvalue weighted by Gasteiger charge is 2.16. The third kappa shape index (κ3) is 5.41. The van der Waals surface area contributed by atoms with Crippen LogP contribution < -0.4 is 4.74 Å². The van der Waals surface area contributed by atoms with Crippen LogP contribution in [-0.4, -0.2) is 54.9 Å². The van der Waals surface area contributed by atoms with Crippen molar-refractivity contribution in [1.29, 1.82) is 0 Å². The molecule has 1 rings (SSSR count). The van der Waals surface area contributed by atoms with Crippen molar-refractivity contribution in [3.8, 4) is 5.75 Å². The van der Waals surface area contributed by atoms with Crippen molar-refractivity contribution in [2.45, 2.75) is 13.8 Å². The number of hydrogen-bond donors (Lipinski definition) is 0. The third-order valence-electron chi connectivity index (χ3n) is 3.09. The van der Waals surface area contributed by atoms with Gasteiger partial charge >= 0.3 is 0 Å². The molecule has 21 heavy (non-hydrogen) atoms. The van der Waals surface area contributed by atoms with E-state index in [1.165, 1.54) is 29.2 Å². The number of likely N-dealkylation sites (N-methyl/N-ethyl adjacent to an activating group) is 2. The SMILES string of the molecule is CCN(CC)C(=O)CN(C)C(=O)COc1ccc(F)cc1. The normalized spacial score (nSPS) is 10.1. The van der Waals surface area contributed by atoms with Gasteiger partial charge in [-0.3, -0.25) is 9.59 Å². The number of carbonyl (C=O) groups is 2. The summed E-state index contributed by atoms with van der Waals surface area (Å²) in [6.07, 6.45) is 0. The fraction of sp³-hybridized carbons (Fsp3) is 0.467. The van der Waals surface area contributed by atoms with Gasteiger partial charge in [0.2, 0.25) is 5.91 Å². The van der Waals surface area contributed by atoms with Gasteiger partial charge in [0.05, 0.1) is 6.54 Å². The highest BCUT2D eigenvalue weighted by Crippen LogP contribution is 2.10. The summed E-state index contributed by atoms with van der Waals surface area (Å²) in [4.78, 5) is 26.7. The Bertz CT molecular complexity index is 472. The first-order chi connectivity index (χ1) is 9.97. The van der Waals surface area contributed by atoms with Gasteiger partial charge in [-0.15, -0.1) is 0 Å². The molecule has 0 aromatic heterocycles. The fourth-order valence-electron chi connectivity index (χ4n) is 1.75. The van der Waals surface area contributed by atoms with E-state index in [1.54, 1.807) is 11.9 Å². The zero-order valence-corrected chi connectivity index (χ0v) is 12.6. The van der Waals surface area contributed by atoms with E-state index in [0.717, 1.165) is 0 Å². The van der Waals surface area contributed by atoms with Crippen molar-refractivity contribution < 1.29 is 18.7 Å². The number of hydrogen-bond acceptors (Lipinski definition) is 3. The first-order valence-corrected chi connectivity index (χ1v) is 6.88. The number of rotatable bonds is 7. The fourth-order valence-corrected chi connectivity index (χ4v) is 1.75. The number of benzene rings is 1. The zero-order chi connectivity index (χ0) is 15.8. The Morgan fingerprint density at radius 1 is 1.10 bits per heavy atom. The highest BCUT2D eigenvalue weighted by atomic mass is 19.1. The Balaban J connectivity index is 2.44. The van der Waals surface area contributed by atoms with Gasteiger partial charge in [-0.05, 0) is 38.1 Å². The summed E-state index contributed by atoms with van der Waals surface area (Å²) in [5.74, 6) is -0.360. The van der Waals surface area contributed by atoms with Crippen LogP contribution in [0.1, 0.15) is 13.8 Å². The van der Waals surface area contributed by atoms with Crippen LogP contribution >= 0.6 is 0 Å². The van der Waals surface area contributed by atoms with Gasteiger partial charge < -0.3 is 14.5 Å². The average molecular weight is 296 g/mol. The predicted octanol–water partition coefficient (Wildman–Crippen LogP) is 1.53. The second-order valence-corrected chi connectivity index (χ2v) is 4.56. The Hall–Kier alpha value is -2.11. The minimum Gasteiger partial charge on any atom is -0.484 e. The van der Waals surface area contributed by atoms with Crippen molar-refractivity contribution in [1.82, 2.24) is 9.80 Å². The van der Waals surface area contributed by atoms with E-state index in [-0.39, 0.29) is 30.8 Å². The molecule has 0 fully saturated rings. The van der Waals surface area contributed by atoms with Crippen LogP contribution in [0.4, 0.5) is 4.39 Å². The van der Waals surface area contributed by atoms with Crippen LogP contribution in [0.25, 0.3) is 0 Å². The van der Waals surface area contributed by atoms with Crippen molar-refractivity contribution in [2.75, 3.05) is 33.3 Å². The molecule has 0 heterocycles. The maximum Gasteiger partial charge on any atom is 0.260 e. The molecular weight excluding hydrogens is 275 g/mol. The molecule has 0 aliphatic carbocycles. The summed E-state index contributed by atoms with van der Waals surface area (Å²) < 4.78 is 18.0. The molecule has 116 valence electrons. The maximum absolute atomic E-state index is 12.7. The molecule has 0 atom stereocenters. The van der Waals surface area contributed by atoms with Gasteiger partial charge in [-0.25, -0.2) is 4.39 Å². The summed E-state index contributed by atoms with van der Waals surface area (Å²) in [6, 6.07) is 5.41. The molecule has 0 radical (unpaired) electrons. The number of halogens is 1. The van der Waals surface area contributed by atoms with E-state index < -0.39 is 0 Å². The van der Waals surface area contributed by atoms with Gasteiger partial charge in [0.1, 0.15) is 11.6 Å². The van der Waals surface area contributed by atoms with Gasteiger partial charge in [0.15, 0.2) is 6.61 Å². The van der Waals surface area contributed by atoms with E-state index in [9.17, 15) is 14.0 Å². The minimum atomic E-state index is -0.365. The highest BCUT2D eigenvalue weighted by molar-refractivity contribution is 5.85. The van der Waals surface area contributed by atoms with Crippen molar-refractivity contribution in [3.05, 3.63) is 30.1 Å². The van der Waals surface area contributed by atoms with Crippen molar-refractivity contribution in [2.24, 2.45) is 0 Å². The van der Waals surface area contributed by atoms with E-state index in [1.807, 2.05) is 13.8 Å². The molecule has 6 heteroatoms. The zero-order valence-electron chi connectivity index (χ0n) is 12.6. The lowest BCUT2D eigenvalue weighted by molar-refractivity contribution is -0.140. The summed E-state index contributed by atoms with van der Waals surface area (Å²) >= 11 is 0. The smallest absolute Gasteiger partial charge is 0.260 e. The van der Waals surface area contributed by atoms with E-state index in [0.29, 0.717) is 18.8 Å². The number of carbonyl (C=O) groups excluding carboxylic acids is 2. The van der Waals surface area contributed by atoms with Gasteiger partial charge in [-0.1, -0.05) is 0 Å². The number of ether oxygens (including phenoxy) is 1. The van der Waals surface area contributed by atoms with Crippen LogP contribution in [0.5, 0.6) is 5.75 Å². The molecule has 1 aromatic carbocycles. The summed E-state index contributed by atoms with van der Waals surface area (Å²) in [5.41, 5.74) is 0. The summed E-state index contributed by atoms with van der Waals surface area (Å²) in [5, 5.41) is 0. The molecule has 0 N–H and O–H groups in total. The molecule has 2 amide bonds. The first kappa shape index (κ1) is 16.9. The van der Waals surface area contributed by atoms with E-state index in [4.69, 9.17) is 4.74 Å². The second-order valence-electron chi connectivity index (χ2n) is 4.56. The maximum atomic E-state index is 12.7. The number of amides is 2. The predicted molar refractivity (Wildman–Crippen MR) is 77.5 cm³/mol. The molecule has 0 spiro atoms. The quantitative estimate of drug-likeness (QED) is 0.767. The molecule has 0 unspecified atom stereocenters. The molecule has 5 nitrogen and oxygen atoms in total. The van der Waals surface area contributed by atoms with Crippen molar-refractivity contribution >= 4 is 11.8 Å². The van der Waals surface area contributed by atoms with Gasteiger partial charge in [-0.2, -0.15) is 0 Å². The van der Waals surface area contributed by atoms with Crippen LogP contribution in [0.3, 0.4) is 0 Å². The molecule has 1 aromatic rings. The Morgan fingerprint density at radius 2 is 1.67 bits per heavy atom. The lowest BCUT2D eigenvalue weighted by Crippen LogP contribution is -2.42. The minimum absolute atomic E-state index is 0.0211. The van der Waals surface area contributed by atoms with E-state index >= 15 is 0 Å².